The van der Waals surface area contributed by atoms with Gasteiger partial charge < -0.3 is 20.3 Å². The van der Waals surface area contributed by atoms with Gasteiger partial charge in [0.15, 0.2) is 0 Å². The average molecular weight is 253 g/mol. The number of aliphatic hydroxyl groups excluding tert-OH is 1. The maximum atomic E-state index is 9.79. The quantitative estimate of drug-likeness (QED) is 0.588. The number of aromatic hydroxyl groups is 1. The summed E-state index contributed by atoms with van der Waals surface area (Å²) in [5.74, 6) is 0.341. The van der Waals surface area contributed by atoms with Crippen LogP contribution >= 0.6 is 0 Å². The van der Waals surface area contributed by atoms with Crippen molar-refractivity contribution < 1.29 is 14.9 Å². The molecule has 0 spiro atoms. The van der Waals surface area contributed by atoms with Crippen LogP contribution < -0.4 is 5.32 Å². The number of rotatable bonds is 9. The molecule has 0 saturated heterocycles. The Kier molecular flexibility index (Phi) is 7.41. The van der Waals surface area contributed by atoms with Gasteiger partial charge in [-0.3, -0.25) is 0 Å². The van der Waals surface area contributed by atoms with Gasteiger partial charge >= 0.3 is 0 Å². The second-order valence-electron chi connectivity index (χ2n) is 4.16. The Morgan fingerprint density at radius 3 is 2.72 bits per heavy atom. The fourth-order valence-corrected chi connectivity index (χ4v) is 1.87. The van der Waals surface area contributed by atoms with Crippen molar-refractivity contribution in [3.8, 4) is 5.75 Å². The smallest absolute Gasteiger partial charge is 0.120 e. The molecule has 4 heteroatoms. The van der Waals surface area contributed by atoms with Crippen LogP contribution in [0.2, 0.25) is 0 Å². The van der Waals surface area contributed by atoms with Gasteiger partial charge in [0.2, 0.25) is 0 Å². The van der Waals surface area contributed by atoms with E-state index in [0.717, 1.165) is 24.9 Å². The van der Waals surface area contributed by atoms with Crippen LogP contribution in [-0.4, -0.2) is 36.6 Å². The second-order valence-corrected chi connectivity index (χ2v) is 4.16. The third kappa shape index (κ3) is 5.04. The monoisotopic (exact) mass is 253 g/mol. The molecular weight excluding hydrogens is 230 g/mol. The molecule has 0 aliphatic carbocycles. The SMILES string of the molecule is CCC(NCCCOCCO)c1ccccc1O. The van der Waals surface area contributed by atoms with E-state index in [2.05, 4.69) is 12.2 Å². The summed E-state index contributed by atoms with van der Waals surface area (Å²) in [5, 5.41) is 21.8. The molecule has 1 unspecified atom stereocenters. The zero-order valence-corrected chi connectivity index (χ0v) is 10.9. The lowest BCUT2D eigenvalue weighted by Crippen LogP contribution is -2.23. The van der Waals surface area contributed by atoms with E-state index in [0.29, 0.717) is 19.0 Å². The van der Waals surface area contributed by atoms with E-state index in [1.165, 1.54) is 0 Å². The number of para-hydroxylation sites is 1. The predicted octanol–water partition coefficient (Wildman–Crippen LogP) is 1.83. The fourth-order valence-electron chi connectivity index (χ4n) is 1.87. The molecule has 0 aliphatic heterocycles. The minimum atomic E-state index is 0.0723. The number of nitrogens with one attached hydrogen (secondary N) is 1. The summed E-state index contributed by atoms with van der Waals surface area (Å²) in [6, 6.07) is 7.59. The van der Waals surface area contributed by atoms with Crippen LogP contribution in [0.3, 0.4) is 0 Å². The van der Waals surface area contributed by atoms with E-state index in [9.17, 15) is 5.11 Å². The zero-order chi connectivity index (χ0) is 13.2. The molecule has 0 fully saturated rings. The molecular formula is C14H23NO3. The molecule has 0 bridgehead atoms. The molecule has 0 radical (unpaired) electrons. The number of hydrogen-bond donors (Lipinski definition) is 3. The number of aliphatic hydroxyl groups is 1. The number of phenols is 1. The van der Waals surface area contributed by atoms with Crippen molar-refractivity contribution >= 4 is 0 Å². The average Bonchev–Trinajstić information content (AvgIpc) is 2.39. The number of ether oxygens (including phenoxy) is 1. The van der Waals surface area contributed by atoms with Crippen LogP contribution in [0.4, 0.5) is 0 Å². The van der Waals surface area contributed by atoms with E-state index >= 15 is 0 Å². The van der Waals surface area contributed by atoms with E-state index in [-0.39, 0.29) is 12.6 Å². The second kappa shape index (κ2) is 8.91. The Bertz CT molecular complexity index is 331. The summed E-state index contributed by atoms with van der Waals surface area (Å²) in [6.07, 6.45) is 1.82. The summed E-state index contributed by atoms with van der Waals surface area (Å²) < 4.78 is 5.19. The van der Waals surface area contributed by atoms with Crippen LogP contribution in [0.5, 0.6) is 5.75 Å². The first-order chi connectivity index (χ1) is 8.79. The van der Waals surface area contributed by atoms with Crippen LogP contribution in [0.1, 0.15) is 31.4 Å². The highest BCUT2D eigenvalue weighted by Gasteiger charge is 2.11. The molecule has 4 nitrogen and oxygen atoms in total. The number of phenolic OH excluding ortho intramolecular Hbond substituents is 1. The fraction of sp³-hybridized carbons (Fsp3) is 0.571. The van der Waals surface area contributed by atoms with Crippen molar-refractivity contribution in [2.75, 3.05) is 26.4 Å². The normalized spacial score (nSPS) is 12.6. The largest absolute Gasteiger partial charge is 0.508 e. The lowest BCUT2D eigenvalue weighted by atomic mass is 10.0. The topological polar surface area (TPSA) is 61.7 Å². The first-order valence-corrected chi connectivity index (χ1v) is 6.49. The van der Waals surface area contributed by atoms with Gasteiger partial charge in [0.1, 0.15) is 5.75 Å². The van der Waals surface area contributed by atoms with Gasteiger partial charge in [0.25, 0.3) is 0 Å². The van der Waals surface area contributed by atoms with Crippen molar-refractivity contribution in [1.29, 1.82) is 0 Å². The number of hydrogen-bond acceptors (Lipinski definition) is 4. The predicted molar refractivity (Wildman–Crippen MR) is 71.7 cm³/mol. The van der Waals surface area contributed by atoms with Crippen molar-refractivity contribution in [2.45, 2.75) is 25.8 Å². The van der Waals surface area contributed by atoms with Crippen LogP contribution in [0, 0.1) is 0 Å². The Balaban J connectivity index is 2.32. The van der Waals surface area contributed by atoms with Gasteiger partial charge in [-0.15, -0.1) is 0 Å². The third-order valence-electron chi connectivity index (χ3n) is 2.81. The lowest BCUT2D eigenvalue weighted by molar-refractivity contribution is 0.0903. The molecule has 1 aromatic rings. The van der Waals surface area contributed by atoms with E-state index < -0.39 is 0 Å². The van der Waals surface area contributed by atoms with Crippen molar-refractivity contribution in [1.82, 2.24) is 5.32 Å². The van der Waals surface area contributed by atoms with Gasteiger partial charge in [-0.2, -0.15) is 0 Å². The van der Waals surface area contributed by atoms with Crippen molar-refractivity contribution in [2.24, 2.45) is 0 Å². The molecule has 102 valence electrons. The number of benzene rings is 1. The van der Waals surface area contributed by atoms with Crippen LogP contribution in [-0.2, 0) is 4.74 Å². The molecule has 0 aliphatic rings. The Hall–Kier alpha value is -1.10. The van der Waals surface area contributed by atoms with Crippen LogP contribution in [0.15, 0.2) is 24.3 Å². The Labute approximate surface area is 109 Å². The van der Waals surface area contributed by atoms with Gasteiger partial charge in [0, 0.05) is 18.2 Å². The molecule has 1 aromatic carbocycles. The maximum absolute atomic E-state index is 9.79. The summed E-state index contributed by atoms with van der Waals surface area (Å²) in [7, 11) is 0. The van der Waals surface area contributed by atoms with Gasteiger partial charge in [-0.05, 0) is 25.5 Å². The highest BCUT2D eigenvalue weighted by atomic mass is 16.5. The van der Waals surface area contributed by atoms with E-state index in [1.54, 1.807) is 6.07 Å². The van der Waals surface area contributed by atoms with E-state index in [1.807, 2.05) is 18.2 Å². The van der Waals surface area contributed by atoms with Gasteiger partial charge in [0.05, 0.1) is 13.2 Å². The highest BCUT2D eigenvalue weighted by Crippen LogP contribution is 2.25. The summed E-state index contributed by atoms with van der Waals surface area (Å²) in [6.45, 7) is 4.04. The summed E-state index contributed by atoms with van der Waals surface area (Å²) in [5.41, 5.74) is 0.941. The minimum Gasteiger partial charge on any atom is -0.508 e. The standard InChI is InChI=1S/C14H23NO3/c1-2-13(12-6-3-4-7-14(12)17)15-8-5-10-18-11-9-16/h3-4,6-7,13,15-17H,2,5,8-11H2,1H3. The minimum absolute atomic E-state index is 0.0723. The molecule has 0 aromatic heterocycles. The first kappa shape index (κ1) is 15.0. The van der Waals surface area contributed by atoms with Gasteiger partial charge in [-0.1, -0.05) is 25.1 Å². The molecule has 0 amide bonds. The van der Waals surface area contributed by atoms with E-state index in [4.69, 9.17) is 9.84 Å². The molecule has 0 saturated carbocycles. The molecule has 1 atom stereocenters. The highest BCUT2D eigenvalue weighted by molar-refractivity contribution is 5.34. The Morgan fingerprint density at radius 1 is 1.28 bits per heavy atom. The molecule has 1 rings (SSSR count). The summed E-state index contributed by atoms with van der Waals surface area (Å²) in [4.78, 5) is 0. The van der Waals surface area contributed by atoms with Crippen molar-refractivity contribution in [3.05, 3.63) is 29.8 Å². The maximum Gasteiger partial charge on any atom is 0.120 e. The third-order valence-corrected chi connectivity index (χ3v) is 2.81. The first-order valence-electron chi connectivity index (χ1n) is 6.49. The molecule has 3 N–H and O–H groups in total. The van der Waals surface area contributed by atoms with Crippen molar-refractivity contribution in [3.63, 3.8) is 0 Å². The zero-order valence-electron chi connectivity index (χ0n) is 10.9. The molecule has 18 heavy (non-hydrogen) atoms. The Morgan fingerprint density at radius 2 is 2.06 bits per heavy atom. The lowest BCUT2D eigenvalue weighted by Gasteiger charge is -2.18. The van der Waals surface area contributed by atoms with Gasteiger partial charge in [-0.25, -0.2) is 0 Å². The molecule has 0 heterocycles. The van der Waals surface area contributed by atoms with Crippen LogP contribution in [0.25, 0.3) is 0 Å². The summed E-state index contributed by atoms with van der Waals surface area (Å²) >= 11 is 0.